The molecule has 0 aromatic heterocycles. The summed E-state index contributed by atoms with van der Waals surface area (Å²) < 4.78 is 0. The van der Waals surface area contributed by atoms with Gasteiger partial charge in [-0.05, 0) is 12.5 Å². The van der Waals surface area contributed by atoms with E-state index in [1.54, 1.807) is 0 Å². The van der Waals surface area contributed by atoms with Gasteiger partial charge in [0.15, 0.2) is 6.04 Å². The van der Waals surface area contributed by atoms with E-state index in [0.717, 1.165) is 0 Å². The van der Waals surface area contributed by atoms with Gasteiger partial charge >= 0.3 is 5.97 Å². The van der Waals surface area contributed by atoms with E-state index >= 15 is 0 Å². The highest BCUT2D eigenvalue weighted by molar-refractivity contribution is 5.85. The molecule has 8 nitrogen and oxygen atoms in total. The van der Waals surface area contributed by atoms with Gasteiger partial charge in [-0.15, -0.1) is 0 Å². The van der Waals surface area contributed by atoms with Crippen molar-refractivity contribution in [1.29, 1.82) is 0 Å². The van der Waals surface area contributed by atoms with E-state index in [2.05, 4.69) is 5.32 Å². The number of rotatable bonds is 6. The van der Waals surface area contributed by atoms with E-state index in [4.69, 9.17) is 5.11 Å². The van der Waals surface area contributed by atoms with Gasteiger partial charge in [-0.1, -0.05) is 12.1 Å². The van der Waals surface area contributed by atoms with E-state index in [1.165, 1.54) is 31.2 Å². The summed E-state index contributed by atoms with van der Waals surface area (Å²) in [5.41, 5.74) is 0.229. The Hall–Kier alpha value is -2.48. The molecule has 1 rings (SSSR count). The highest BCUT2D eigenvalue weighted by Gasteiger charge is 2.24. The first kappa shape index (κ1) is 15.6. The average Bonchev–Trinajstić information content (AvgIpc) is 2.35. The zero-order valence-electron chi connectivity index (χ0n) is 10.6. The number of nitro benzene ring substituents is 1. The number of aliphatic carboxylic acids is 1. The molecule has 0 aliphatic rings. The van der Waals surface area contributed by atoms with Gasteiger partial charge in [-0.3, -0.25) is 14.9 Å². The number of carbonyl (C=O) groups is 2. The molecule has 0 aliphatic carbocycles. The minimum absolute atomic E-state index is 0.152. The molecule has 0 fully saturated rings. The van der Waals surface area contributed by atoms with Crippen LogP contribution in [0.1, 0.15) is 12.5 Å². The molecule has 0 saturated carbocycles. The van der Waals surface area contributed by atoms with Crippen molar-refractivity contribution in [2.24, 2.45) is 0 Å². The summed E-state index contributed by atoms with van der Waals surface area (Å²) in [5.74, 6) is -1.99. The number of nitrogens with zero attached hydrogens (tertiary/aromatic N) is 1. The molecule has 0 heterocycles. The molecule has 8 heteroatoms. The quantitative estimate of drug-likeness (QED) is 0.500. The summed E-state index contributed by atoms with van der Waals surface area (Å²) in [6.45, 7) is 1.24. The van der Waals surface area contributed by atoms with E-state index in [0.29, 0.717) is 5.56 Å². The van der Waals surface area contributed by atoms with E-state index < -0.39 is 28.9 Å². The molecule has 0 spiro atoms. The molecular formula is C12H14N2O6. The number of aliphatic hydroxyl groups excluding tert-OH is 1. The van der Waals surface area contributed by atoms with Crippen LogP contribution in [0.4, 0.5) is 5.69 Å². The number of aliphatic hydroxyl groups is 1. The van der Waals surface area contributed by atoms with Crippen LogP contribution >= 0.6 is 0 Å². The highest BCUT2D eigenvalue weighted by Crippen LogP contribution is 2.13. The van der Waals surface area contributed by atoms with E-state index in [-0.39, 0.29) is 12.1 Å². The van der Waals surface area contributed by atoms with Crippen LogP contribution in [0.2, 0.25) is 0 Å². The number of carbonyl (C=O) groups excluding carboxylic acids is 1. The molecule has 0 saturated heterocycles. The van der Waals surface area contributed by atoms with Crippen molar-refractivity contribution < 1.29 is 24.7 Å². The Bertz CT molecular complexity index is 528. The maximum Gasteiger partial charge on any atom is 0.328 e. The number of hydrogen-bond donors (Lipinski definition) is 3. The lowest BCUT2D eigenvalue weighted by atomic mass is 10.1. The summed E-state index contributed by atoms with van der Waals surface area (Å²) in [6, 6.07) is 4.06. The second-order valence-corrected chi connectivity index (χ2v) is 4.23. The van der Waals surface area contributed by atoms with E-state index in [1.807, 2.05) is 0 Å². The fourth-order valence-electron chi connectivity index (χ4n) is 1.58. The number of non-ortho nitro benzene ring substituents is 1. The van der Waals surface area contributed by atoms with Gasteiger partial charge in [-0.25, -0.2) is 4.79 Å². The van der Waals surface area contributed by atoms with Crippen LogP contribution in [0.3, 0.4) is 0 Å². The Morgan fingerprint density at radius 1 is 1.45 bits per heavy atom. The first-order valence-electron chi connectivity index (χ1n) is 5.75. The lowest BCUT2D eigenvalue weighted by Crippen LogP contribution is -2.48. The Morgan fingerprint density at radius 2 is 2.10 bits per heavy atom. The predicted octanol–water partition coefficient (Wildman–Crippen LogP) is 0.0875. The predicted molar refractivity (Wildman–Crippen MR) is 68.0 cm³/mol. The molecule has 1 amide bonds. The maximum atomic E-state index is 11.7. The standard InChI is InChI=1S/C12H14N2O6/c1-7(15)11(12(17)18)13-10(16)6-8-3-2-4-9(5-8)14(19)20/h2-5,7,11,15H,6H2,1H3,(H,13,16)(H,17,18). The van der Waals surface area contributed by atoms with Crippen molar-refractivity contribution >= 4 is 17.6 Å². The van der Waals surface area contributed by atoms with Gasteiger partial charge in [0.2, 0.25) is 5.91 Å². The normalized spacial score (nSPS) is 13.3. The maximum absolute atomic E-state index is 11.7. The van der Waals surface area contributed by atoms with Crippen molar-refractivity contribution in [3.05, 3.63) is 39.9 Å². The summed E-state index contributed by atoms with van der Waals surface area (Å²) in [5, 5.41) is 30.8. The Kier molecular flexibility index (Phi) is 5.15. The third-order valence-corrected chi connectivity index (χ3v) is 2.55. The monoisotopic (exact) mass is 282 g/mol. The topological polar surface area (TPSA) is 130 Å². The van der Waals surface area contributed by atoms with Crippen LogP contribution in [0.15, 0.2) is 24.3 Å². The highest BCUT2D eigenvalue weighted by atomic mass is 16.6. The lowest BCUT2D eigenvalue weighted by Gasteiger charge is -2.16. The van der Waals surface area contributed by atoms with Gasteiger partial charge in [-0.2, -0.15) is 0 Å². The van der Waals surface area contributed by atoms with Crippen molar-refractivity contribution in [3.63, 3.8) is 0 Å². The van der Waals surface area contributed by atoms with Gasteiger partial charge in [0, 0.05) is 12.1 Å². The molecule has 0 radical (unpaired) electrons. The summed E-state index contributed by atoms with van der Waals surface area (Å²) in [4.78, 5) is 32.5. The van der Waals surface area contributed by atoms with Gasteiger partial charge in [0.25, 0.3) is 5.69 Å². The fraction of sp³-hybridized carbons (Fsp3) is 0.333. The van der Waals surface area contributed by atoms with Gasteiger partial charge in [0.1, 0.15) is 0 Å². The van der Waals surface area contributed by atoms with Crippen LogP contribution in [-0.4, -0.2) is 39.2 Å². The molecule has 20 heavy (non-hydrogen) atoms. The SMILES string of the molecule is CC(O)C(NC(=O)Cc1cccc([N+](=O)[O-])c1)C(=O)O. The largest absolute Gasteiger partial charge is 0.480 e. The van der Waals surface area contributed by atoms with Gasteiger partial charge in [0.05, 0.1) is 17.4 Å². The Labute approximate surface area is 114 Å². The molecule has 2 atom stereocenters. The molecule has 1 aromatic carbocycles. The van der Waals surface area contributed by atoms with Crippen LogP contribution < -0.4 is 5.32 Å². The molecule has 2 unspecified atom stereocenters. The van der Waals surface area contributed by atoms with Crippen molar-refractivity contribution in [3.8, 4) is 0 Å². The lowest BCUT2D eigenvalue weighted by molar-refractivity contribution is -0.384. The molecule has 0 bridgehead atoms. The molecular weight excluding hydrogens is 268 g/mol. The average molecular weight is 282 g/mol. The summed E-state index contributed by atoms with van der Waals surface area (Å²) in [6.07, 6.45) is -1.46. The number of nitrogens with one attached hydrogen (secondary N) is 1. The number of hydrogen-bond acceptors (Lipinski definition) is 5. The first-order valence-corrected chi connectivity index (χ1v) is 5.75. The fourth-order valence-corrected chi connectivity index (χ4v) is 1.58. The smallest absolute Gasteiger partial charge is 0.328 e. The zero-order valence-corrected chi connectivity index (χ0v) is 10.6. The number of benzene rings is 1. The van der Waals surface area contributed by atoms with Crippen LogP contribution in [-0.2, 0) is 16.0 Å². The second kappa shape index (κ2) is 6.62. The minimum atomic E-state index is -1.42. The minimum Gasteiger partial charge on any atom is -0.480 e. The van der Waals surface area contributed by atoms with Crippen molar-refractivity contribution in [2.45, 2.75) is 25.5 Å². The van der Waals surface area contributed by atoms with E-state index in [9.17, 15) is 24.8 Å². The molecule has 108 valence electrons. The van der Waals surface area contributed by atoms with Crippen LogP contribution in [0.25, 0.3) is 0 Å². The zero-order chi connectivity index (χ0) is 15.3. The molecule has 0 aliphatic heterocycles. The second-order valence-electron chi connectivity index (χ2n) is 4.23. The molecule has 1 aromatic rings. The van der Waals surface area contributed by atoms with Crippen molar-refractivity contribution in [1.82, 2.24) is 5.32 Å². The Morgan fingerprint density at radius 3 is 2.60 bits per heavy atom. The molecule has 3 N–H and O–H groups in total. The number of carboxylic acids is 1. The summed E-state index contributed by atoms with van der Waals surface area (Å²) >= 11 is 0. The van der Waals surface area contributed by atoms with Crippen LogP contribution in [0, 0.1) is 10.1 Å². The Balaban J connectivity index is 2.73. The first-order chi connectivity index (χ1) is 9.31. The van der Waals surface area contributed by atoms with Crippen molar-refractivity contribution in [2.75, 3.05) is 0 Å². The third kappa shape index (κ3) is 4.32. The van der Waals surface area contributed by atoms with Crippen LogP contribution in [0.5, 0.6) is 0 Å². The summed E-state index contributed by atoms with van der Waals surface area (Å²) in [7, 11) is 0. The number of amides is 1. The third-order valence-electron chi connectivity index (χ3n) is 2.55. The number of carboxylic acid groups (broad SMARTS) is 1. The van der Waals surface area contributed by atoms with Gasteiger partial charge < -0.3 is 15.5 Å². The number of nitro groups is 1.